The summed E-state index contributed by atoms with van der Waals surface area (Å²) >= 11 is 6.32. The number of nitrogens with one attached hydrogen (secondary N) is 1. The van der Waals surface area contributed by atoms with Crippen molar-refractivity contribution in [3.63, 3.8) is 0 Å². The highest BCUT2D eigenvalue weighted by Gasteiger charge is 2.35. The standard InChI is InChI=1S/C27H17F2N3O5.C26H18ClFN2O4/c28-18-9-13-7-14(25(30)33)6-12(13)8-15(18)11-32-20-10-19(29)16-3-5-37-24(16)22(20)21(23(32)27(35)36)17-2-1-4-31-26(17)34;27-18-6-5-13(16-10-29-11-17(16)18)12-30-20-9-19(28)14-7-8-34-25(14)23(20)22(24(30)26(32)33)15-3-1-2-4-21(15)31/h1-5,7-10H,6,11H2,(H2,30,33)(H,31,34)(H,35,36);1-3,5-6,9,11H,4,7-8,10,12H2,(H,32,33). The van der Waals surface area contributed by atoms with Gasteiger partial charge in [0, 0.05) is 82.2 Å². The number of nitrogens with zero attached hydrogens (tertiary/aromatic N) is 3. The molecular weight excluding hydrogens is 943 g/mol. The van der Waals surface area contributed by atoms with Crippen molar-refractivity contribution in [2.24, 2.45) is 10.7 Å². The Morgan fingerprint density at radius 2 is 1.62 bits per heavy atom. The van der Waals surface area contributed by atoms with Crippen LogP contribution in [0.25, 0.3) is 55.6 Å². The number of pyridine rings is 1. The van der Waals surface area contributed by atoms with Gasteiger partial charge in [0.25, 0.3) is 5.56 Å². The van der Waals surface area contributed by atoms with Gasteiger partial charge in [-0.2, -0.15) is 0 Å². The van der Waals surface area contributed by atoms with Crippen molar-refractivity contribution in [1.82, 2.24) is 14.1 Å². The van der Waals surface area contributed by atoms with Crippen molar-refractivity contribution in [3.05, 3.63) is 180 Å². The zero-order valence-corrected chi connectivity index (χ0v) is 37.6. The molecule has 14 nitrogen and oxygen atoms in total. The summed E-state index contributed by atoms with van der Waals surface area (Å²) in [5.74, 6) is -4.84. The van der Waals surface area contributed by atoms with Gasteiger partial charge in [0.1, 0.15) is 40.2 Å². The molecule has 0 saturated carbocycles. The van der Waals surface area contributed by atoms with Crippen molar-refractivity contribution >= 4 is 85.9 Å². The van der Waals surface area contributed by atoms with Crippen molar-refractivity contribution in [3.8, 4) is 16.9 Å². The summed E-state index contributed by atoms with van der Waals surface area (Å²) in [5.41, 5.74) is 10.2. The highest BCUT2D eigenvalue weighted by Crippen LogP contribution is 2.45. The van der Waals surface area contributed by atoms with Crippen molar-refractivity contribution in [2.45, 2.75) is 38.9 Å². The number of carbonyl (C=O) groups is 4. The minimum atomic E-state index is -1.39. The third-order valence-electron chi connectivity index (χ3n) is 13.3. The van der Waals surface area contributed by atoms with Gasteiger partial charge in [-0.25, -0.2) is 22.8 Å². The molecule has 2 aliphatic heterocycles. The Balaban J connectivity index is 0.000000155. The van der Waals surface area contributed by atoms with Crippen LogP contribution < -0.4 is 16.0 Å². The first-order valence-corrected chi connectivity index (χ1v) is 22.5. The lowest BCUT2D eigenvalue weighted by molar-refractivity contribution is -0.114. The Labute approximate surface area is 403 Å². The lowest BCUT2D eigenvalue weighted by Gasteiger charge is -2.14. The van der Waals surface area contributed by atoms with Gasteiger partial charge >= 0.3 is 11.9 Å². The van der Waals surface area contributed by atoms with Crippen molar-refractivity contribution < 1.29 is 51.7 Å². The van der Waals surface area contributed by atoms with Gasteiger partial charge in [-0.15, -0.1) is 0 Å². The molecule has 0 atom stereocenters. The molecule has 354 valence electrons. The molecule has 0 spiro atoms. The Kier molecular flexibility index (Phi) is 10.8. The zero-order valence-electron chi connectivity index (χ0n) is 36.9. The Hall–Kier alpha value is -8.70. The second-order valence-electron chi connectivity index (χ2n) is 17.3. The van der Waals surface area contributed by atoms with Crippen LogP contribution in [0.15, 0.2) is 105 Å². The number of carboxylic acid groups (broad SMARTS) is 2. The highest BCUT2D eigenvalue weighted by molar-refractivity contribution is 6.33. The average molecular weight is 978 g/mol. The van der Waals surface area contributed by atoms with Crippen LogP contribution in [0.1, 0.15) is 71.9 Å². The molecule has 1 amide bonds. The smallest absolute Gasteiger partial charge is 0.353 e. The molecule has 0 radical (unpaired) electrons. The molecule has 4 aromatic carbocycles. The summed E-state index contributed by atoms with van der Waals surface area (Å²) in [6.45, 7) is 0.588. The lowest BCUT2D eigenvalue weighted by Crippen LogP contribution is -2.14. The SMILES string of the molecule is NC(=O)C1=Cc2cc(F)c(Cn3c(C(=O)O)c(-c4ccc[nH]c4=O)c4c5occc5c(F)cc43)cc2C1.O=C1CC=CC=C1c1c(C(=O)O)n(Cc2ccc(Cl)c3c2CN=C3)c2cc(F)c3c(c12)OCC3. The van der Waals surface area contributed by atoms with E-state index in [0.717, 1.165) is 22.8 Å². The van der Waals surface area contributed by atoms with Crippen LogP contribution in [-0.4, -0.2) is 60.8 Å². The summed E-state index contributed by atoms with van der Waals surface area (Å²) in [4.78, 5) is 69.3. The van der Waals surface area contributed by atoms with E-state index in [1.807, 2.05) is 6.07 Å². The monoisotopic (exact) mass is 977 g/mol. The molecule has 2 aliphatic carbocycles. The first kappa shape index (κ1) is 44.8. The third-order valence-corrected chi connectivity index (χ3v) is 13.6. The summed E-state index contributed by atoms with van der Waals surface area (Å²) < 4.78 is 59.5. The molecule has 0 bridgehead atoms. The Morgan fingerprint density at radius 1 is 0.873 bits per heavy atom. The second kappa shape index (κ2) is 17.1. The number of allylic oxidation sites excluding steroid dienone is 4. The number of aliphatic imine (C=N–C) groups is 1. The molecule has 71 heavy (non-hydrogen) atoms. The first-order chi connectivity index (χ1) is 34.2. The number of benzene rings is 4. The number of aromatic carboxylic acids is 2. The van der Waals surface area contributed by atoms with Gasteiger partial charge < -0.3 is 39.2 Å². The van der Waals surface area contributed by atoms with E-state index in [-0.39, 0.29) is 92.8 Å². The van der Waals surface area contributed by atoms with E-state index >= 15 is 13.2 Å². The van der Waals surface area contributed by atoms with Crippen molar-refractivity contribution in [1.29, 1.82) is 0 Å². The number of Topliss-reactive ketones (excluding diaryl/α,β-unsaturated/α-hetero) is 1. The van der Waals surface area contributed by atoms with Crippen molar-refractivity contribution in [2.75, 3.05) is 6.61 Å². The molecular formula is C53H35ClF3N5O9. The van der Waals surface area contributed by atoms with E-state index in [4.69, 9.17) is 26.5 Å². The van der Waals surface area contributed by atoms with E-state index in [9.17, 15) is 34.2 Å². The van der Waals surface area contributed by atoms with Gasteiger partial charge in [-0.05, 0) is 70.8 Å². The lowest BCUT2D eigenvalue weighted by atomic mass is 9.92. The van der Waals surface area contributed by atoms with E-state index in [0.29, 0.717) is 63.5 Å². The number of rotatable bonds is 9. The Morgan fingerprint density at radius 3 is 2.37 bits per heavy atom. The third kappa shape index (κ3) is 7.26. The number of ether oxygens (including phenoxy) is 1. The summed E-state index contributed by atoms with van der Waals surface area (Å²) in [7, 11) is 0. The number of furan rings is 1. The first-order valence-electron chi connectivity index (χ1n) is 22.1. The summed E-state index contributed by atoms with van der Waals surface area (Å²) in [6, 6.07) is 13.3. The molecule has 18 heteroatoms. The van der Waals surface area contributed by atoms with Gasteiger partial charge in [0.2, 0.25) is 5.91 Å². The van der Waals surface area contributed by atoms with Crippen LogP contribution in [0.4, 0.5) is 13.2 Å². The Bertz CT molecular complexity index is 3930. The molecule has 4 aromatic heterocycles. The molecule has 5 N–H and O–H groups in total. The molecule has 8 aromatic rings. The minimum absolute atomic E-state index is 0.0311. The van der Waals surface area contributed by atoms with Gasteiger partial charge in [0.15, 0.2) is 5.78 Å². The number of hydrogen-bond acceptors (Lipinski definition) is 8. The van der Waals surface area contributed by atoms with Crippen LogP contribution in [0.2, 0.25) is 5.02 Å². The van der Waals surface area contributed by atoms with Crippen LogP contribution in [0, 0.1) is 17.5 Å². The molecule has 6 heterocycles. The number of primary amides is 1. The maximum atomic E-state index is 15.2. The van der Waals surface area contributed by atoms with Crippen LogP contribution in [0.3, 0.4) is 0 Å². The fourth-order valence-electron chi connectivity index (χ4n) is 10.1. The number of nitrogens with two attached hydrogens (primary N) is 1. The number of carboxylic acids is 2. The normalized spacial score (nSPS) is 14.3. The molecule has 0 unspecified atom stereocenters. The van der Waals surface area contributed by atoms with Gasteiger partial charge in [0.05, 0.1) is 58.7 Å². The van der Waals surface area contributed by atoms with E-state index < -0.39 is 40.9 Å². The van der Waals surface area contributed by atoms with Gasteiger partial charge in [-0.3, -0.25) is 19.4 Å². The van der Waals surface area contributed by atoms with Crippen LogP contribution in [-0.2, 0) is 42.1 Å². The highest BCUT2D eigenvalue weighted by atomic mass is 35.5. The number of amides is 1. The quantitative estimate of drug-likeness (QED) is 0.108. The van der Waals surface area contributed by atoms with Crippen LogP contribution >= 0.6 is 11.6 Å². The number of aromatic amines is 1. The number of halogens is 4. The second-order valence-corrected chi connectivity index (χ2v) is 17.7. The maximum absolute atomic E-state index is 15.2. The average Bonchev–Trinajstić information content (AvgIpc) is 4.20. The zero-order chi connectivity index (χ0) is 49.6. The summed E-state index contributed by atoms with van der Waals surface area (Å²) in [5, 5.41) is 22.0. The largest absolute Gasteiger partial charge is 0.492 e. The summed E-state index contributed by atoms with van der Waals surface area (Å²) in [6.07, 6.45) is 11.7. The fraction of sp³-hybridized carbons (Fsp3) is 0.132. The van der Waals surface area contributed by atoms with E-state index in [1.54, 1.807) is 35.1 Å². The molecule has 4 aliphatic rings. The number of aromatic nitrogens is 3. The topological polar surface area (TPSA) is 212 Å². The number of carbonyl (C=O) groups excluding carboxylic acids is 2. The number of hydrogen-bond donors (Lipinski definition) is 4. The van der Waals surface area contributed by atoms with E-state index in [1.165, 1.54) is 59.5 Å². The fourth-order valence-corrected chi connectivity index (χ4v) is 10.4. The molecule has 0 saturated heterocycles. The predicted octanol–water partition coefficient (Wildman–Crippen LogP) is 9.15. The van der Waals surface area contributed by atoms with Crippen LogP contribution in [0.5, 0.6) is 5.75 Å². The maximum Gasteiger partial charge on any atom is 0.353 e. The molecule has 0 fully saturated rings. The molecule has 12 rings (SSSR count). The predicted molar refractivity (Wildman–Crippen MR) is 258 cm³/mol. The van der Waals surface area contributed by atoms with E-state index in [2.05, 4.69) is 9.98 Å². The number of H-pyrrole nitrogens is 1. The number of ketones is 1. The number of fused-ring (bicyclic) bond motifs is 8. The minimum Gasteiger partial charge on any atom is -0.492 e. The van der Waals surface area contributed by atoms with Gasteiger partial charge in [-0.1, -0.05) is 42.0 Å².